The first-order chi connectivity index (χ1) is 13.7. The molecule has 28 heavy (non-hydrogen) atoms. The lowest BCUT2D eigenvalue weighted by Gasteiger charge is -2.12. The van der Waals surface area contributed by atoms with Crippen molar-refractivity contribution in [1.29, 1.82) is 0 Å². The standard InChI is InChI=1S/C22H29N3O3/c1-27-19-10-7-18(8-11-19)9-13-21-24-25-22(28-21)14-12-20(26)23-16-15-17-5-3-2-4-6-17/h5,7-8,10-11H,2-4,6,9,12-16H2,1H3,(H,23,26). The number of carbonyl (C=O) groups is 1. The Morgan fingerprint density at radius 1 is 1.07 bits per heavy atom. The molecule has 1 aliphatic carbocycles. The fourth-order valence-electron chi connectivity index (χ4n) is 3.34. The van der Waals surface area contributed by atoms with Crippen molar-refractivity contribution in [1.82, 2.24) is 15.5 Å². The molecule has 1 heterocycles. The van der Waals surface area contributed by atoms with E-state index in [0.717, 1.165) is 18.6 Å². The summed E-state index contributed by atoms with van der Waals surface area (Å²) in [5, 5.41) is 11.1. The van der Waals surface area contributed by atoms with Gasteiger partial charge >= 0.3 is 0 Å². The Morgan fingerprint density at radius 3 is 2.57 bits per heavy atom. The second-order valence-corrected chi connectivity index (χ2v) is 7.15. The summed E-state index contributed by atoms with van der Waals surface area (Å²) >= 11 is 0. The summed E-state index contributed by atoms with van der Waals surface area (Å²) in [6.45, 7) is 0.710. The van der Waals surface area contributed by atoms with E-state index in [0.29, 0.717) is 37.6 Å². The van der Waals surface area contributed by atoms with Crippen molar-refractivity contribution >= 4 is 5.91 Å². The van der Waals surface area contributed by atoms with Crippen LogP contribution >= 0.6 is 0 Å². The molecule has 2 aromatic rings. The Hall–Kier alpha value is -2.63. The second-order valence-electron chi connectivity index (χ2n) is 7.15. The van der Waals surface area contributed by atoms with Gasteiger partial charge in [0.2, 0.25) is 17.7 Å². The number of ether oxygens (including phenoxy) is 1. The van der Waals surface area contributed by atoms with Crippen LogP contribution in [0.15, 0.2) is 40.3 Å². The quantitative estimate of drug-likeness (QED) is 0.632. The smallest absolute Gasteiger partial charge is 0.220 e. The van der Waals surface area contributed by atoms with Crippen LogP contribution in [-0.4, -0.2) is 29.8 Å². The van der Waals surface area contributed by atoms with E-state index in [2.05, 4.69) is 21.6 Å². The van der Waals surface area contributed by atoms with E-state index in [9.17, 15) is 4.79 Å². The van der Waals surface area contributed by atoms with Crippen LogP contribution in [0, 0.1) is 0 Å². The average molecular weight is 383 g/mol. The number of methoxy groups -OCH3 is 1. The van der Waals surface area contributed by atoms with E-state index >= 15 is 0 Å². The van der Waals surface area contributed by atoms with Crippen molar-refractivity contribution in [3.63, 3.8) is 0 Å². The van der Waals surface area contributed by atoms with Crippen LogP contribution < -0.4 is 10.1 Å². The van der Waals surface area contributed by atoms with Crippen LogP contribution in [0.3, 0.4) is 0 Å². The highest BCUT2D eigenvalue weighted by Gasteiger charge is 2.10. The Morgan fingerprint density at radius 2 is 1.86 bits per heavy atom. The van der Waals surface area contributed by atoms with Gasteiger partial charge in [-0.15, -0.1) is 10.2 Å². The van der Waals surface area contributed by atoms with Gasteiger partial charge in [-0.3, -0.25) is 4.79 Å². The van der Waals surface area contributed by atoms with E-state index in [1.165, 1.54) is 36.8 Å². The molecule has 0 radical (unpaired) electrons. The van der Waals surface area contributed by atoms with Crippen LogP contribution in [0.25, 0.3) is 0 Å². The van der Waals surface area contributed by atoms with Gasteiger partial charge in [0, 0.05) is 25.8 Å². The molecule has 150 valence electrons. The predicted octanol–water partition coefficient (Wildman–Crippen LogP) is 3.80. The van der Waals surface area contributed by atoms with Gasteiger partial charge in [0.1, 0.15) is 5.75 Å². The first kappa shape index (κ1) is 20.1. The minimum atomic E-state index is 0.0365. The number of hydrogen-bond acceptors (Lipinski definition) is 5. The maximum Gasteiger partial charge on any atom is 0.220 e. The highest BCUT2D eigenvalue weighted by molar-refractivity contribution is 5.75. The van der Waals surface area contributed by atoms with Gasteiger partial charge in [-0.2, -0.15) is 0 Å². The first-order valence-electron chi connectivity index (χ1n) is 10.1. The van der Waals surface area contributed by atoms with Gasteiger partial charge in [0.05, 0.1) is 7.11 Å². The van der Waals surface area contributed by atoms with Crippen LogP contribution in [0.4, 0.5) is 0 Å². The molecule has 1 amide bonds. The van der Waals surface area contributed by atoms with E-state index < -0.39 is 0 Å². The number of aryl methyl sites for hydroxylation is 3. The Bertz CT molecular complexity index is 781. The molecule has 1 aliphatic rings. The van der Waals surface area contributed by atoms with Crippen LogP contribution in [0.5, 0.6) is 5.75 Å². The number of hydrogen-bond donors (Lipinski definition) is 1. The Labute approximate surface area is 166 Å². The summed E-state index contributed by atoms with van der Waals surface area (Å²) in [6.07, 6.45) is 10.6. The number of allylic oxidation sites excluding steroid dienone is 1. The van der Waals surface area contributed by atoms with E-state index in [-0.39, 0.29) is 5.91 Å². The van der Waals surface area contributed by atoms with E-state index in [1.54, 1.807) is 7.11 Å². The zero-order valence-corrected chi connectivity index (χ0v) is 16.6. The zero-order chi connectivity index (χ0) is 19.6. The molecule has 0 aliphatic heterocycles. The number of amides is 1. The normalized spacial score (nSPS) is 13.8. The number of nitrogens with zero attached hydrogens (tertiary/aromatic N) is 2. The largest absolute Gasteiger partial charge is 0.497 e. The number of carbonyl (C=O) groups excluding carboxylic acids is 1. The van der Waals surface area contributed by atoms with Gasteiger partial charge in [-0.25, -0.2) is 0 Å². The second kappa shape index (κ2) is 10.6. The van der Waals surface area contributed by atoms with Crippen molar-refractivity contribution in [2.45, 2.75) is 57.8 Å². The molecule has 3 rings (SSSR count). The number of rotatable bonds is 10. The molecular formula is C22H29N3O3. The molecule has 6 nitrogen and oxygen atoms in total. The summed E-state index contributed by atoms with van der Waals surface area (Å²) in [7, 11) is 1.66. The summed E-state index contributed by atoms with van der Waals surface area (Å²) in [5.41, 5.74) is 2.66. The van der Waals surface area contributed by atoms with E-state index in [4.69, 9.17) is 9.15 Å². The van der Waals surface area contributed by atoms with Gasteiger partial charge in [0.15, 0.2) is 0 Å². The van der Waals surface area contributed by atoms with Crippen molar-refractivity contribution in [2.75, 3.05) is 13.7 Å². The van der Waals surface area contributed by atoms with Gasteiger partial charge in [-0.1, -0.05) is 23.8 Å². The molecule has 1 aromatic carbocycles. The number of nitrogens with one attached hydrogen (secondary N) is 1. The summed E-state index contributed by atoms with van der Waals surface area (Å²) < 4.78 is 10.8. The minimum Gasteiger partial charge on any atom is -0.497 e. The lowest BCUT2D eigenvalue weighted by atomic mass is 9.97. The van der Waals surface area contributed by atoms with E-state index in [1.807, 2.05) is 24.3 Å². The zero-order valence-electron chi connectivity index (χ0n) is 16.6. The number of aromatic nitrogens is 2. The lowest BCUT2D eigenvalue weighted by molar-refractivity contribution is -0.121. The minimum absolute atomic E-state index is 0.0365. The highest BCUT2D eigenvalue weighted by Crippen LogP contribution is 2.19. The number of benzene rings is 1. The fraction of sp³-hybridized carbons (Fsp3) is 0.500. The van der Waals surface area contributed by atoms with Crippen LogP contribution in [0.2, 0.25) is 0 Å². The lowest BCUT2D eigenvalue weighted by Crippen LogP contribution is -2.25. The summed E-state index contributed by atoms with van der Waals surface area (Å²) in [4.78, 5) is 12.0. The summed E-state index contributed by atoms with van der Waals surface area (Å²) in [5.74, 6) is 2.01. The molecule has 0 spiro atoms. The molecule has 6 heteroatoms. The molecule has 0 unspecified atom stereocenters. The SMILES string of the molecule is COc1ccc(CCc2nnc(CCC(=O)NCCC3=CCCCC3)o2)cc1. The van der Waals surface area contributed by atoms with Gasteiger partial charge in [-0.05, 0) is 56.2 Å². The first-order valence-corrected chi connectivity index (χ1v) is 10.1. The predicted molar refractivity (Wildman–Crippen MR) is 107 cm³/mol. The molecule has 1 N–H and O–H groups in total. The molecular weight excluding hydrogens is 354 g/mol. The third kappa shape index (κ3) is 6.51. The van der Waals surface area contributed by atoms with Crippen LogP contribution in [0.1, 0.15) is 55.9 Å². The average Bonchev–Trinajstić information content (AvgIpc) is 3.20. The fourth-order valence-corrected chi connectivity index (χ4v) is 3.34. The summed E-state index contributed by atoms with van der Waals surface area (Å²) in [6, 6.07) is 7.95. The molecule has 0 saturated heterocycles. The maximum absolute atomic E-state index is 12.0. The van der Waals surface area contributed by atoms with Crippen molar-refractivity contribution in [3.05, 3.63) is 53.3 Å². The molecule has 0 saturated carbocycles. The van der Waals surface area contributed by atoms with Gasteiger partial charge < -0.3 is 14.5 Å². The third-order valence-electron chi connectivity index (χ3n) is 5.01. The monoisotopic (exact) mass is 383 g/mol. The van der Waals surface area contributed by atoms with Crippen molar-refractivity contribution < 1.29 is 13.9 Å². The Kier molecular flexibility index (Phi) is 7.64. The Balaban J connectivity index is 1.34. The molecule has 0 fully saturated rings. The molecule has 1 aromatic heterocycles. The van der Waals surface area contributed by atoms with Crippen molar-refractivity contribution in [2.24, 2.45) is 0 Å². The third-order valence-corrected chi connectivity index (χ3v) is 5.01. The highest BCUT2D eigenvalue weighted by atomic mass is 16.5. The van der Waals surface area contributed by atoms with Crippen LogP contribution in [-0.2, 0) is 24.1 Å². The molecule has 0 bridgehead atoms. The van der Waals surface area contributed by atoms with Gasteiger partial charge in [0.25, 0.3) is 0 Å². The maximum atomic E-state index is 12.0. The molecule has 0 atom stereocenters. The van der Waals surface area contributed by atoms with Crippen molar-refractivity contribution in [3.8, 4) is 5.75 Å². The topological polar surface area (TPSA) is 77.2 Å².